The molecule has 112 valence electrons. The first-order chi connectivity index (χ1) is 10.1. The highest BCUT2D eigenvalue weighted by Crippen LogP contribution is 2.10. The minimum Gasteiger partial charge on any atom is -0.481 e. The maximum absolute atomic E-state index is 11.7. The van der Waals surface area contributed by atoms with Crippen molar-refractivity contribution < 1.29 is 9.53 Å². The van der Waals surface area contributed by atoms with Crippen LogP contribution in [0.1, 0.15) is 5.82 Å². The third-order valence-corrected chi connectivity index (χ3v) is 3.18. The number of anilines is 1. The second-order valence-corrected chi connectivity index (χ2v) is 4.61. The third kappa shape index (κ3) is 4.02. The van der Waals surface area contributed by atoms with Gasteiger partial charge in [-0.2, -0.15) is 5.10 Å². The Kier molecular flexibility index (Phi) is 4.88. The van der Waals surface area contributed by atoms with Crippen LogP contribution < -0.4 is 15.4 Å². The van der Waals surface area contributed by atoms with E-state index in [1.165, 1.54) is 13.3 Å². The molecular weight excluding hydrogens is 292 g/mol. The van der Waals surface area contributed by atoms with E-state index in [1.54, 1.807) is 16.7 Å². The van der Waals surface area contributed by atoms with Crippen molar-refractivity contribution in [3.05, 3.63) is 28.9 Å². The van der Waals surface area contributed by atoms with Crippen molar-refractivity contribution >= 4 is 23.9 Å². The highest BCUT2D eigenvalue weighted by Gasteiger charge is 2.05. The summed E-state index contributed by atoms with van der Waals surface area (Å²) in [6.45, 7) is 0.447. The van der Waals surface area contributed by atoms with Crippen LogP contribution in [0.15, 0.2) is 18.3 Å². The Bertz CT molecular complexity index is 663. The molecular formula is C12H16N6O2S. The Morgan fingerprint density at radius 3 is 2.90 bits per heavy atom. The minimum atomic E-state index is -0.307. The summed E-state index contributed by atoms with van der Waals surface area (Å²) in [5.41, 5.74) is 0.589. The van der Waals surface area contributed by atoms with Crippen LogP contribution in [0.4, 0.5) is 10.5 Å². The van der Waals surface area contributed by atoms with Gasteiger partial charge in [0.15, 0.2) is 4.77 Å². The van der Waals surface area contributed by atoms with E-state index in [0.29, 0.717) is 29.3 Å². The lowest BCUT2D eigenvalue weighted by atomic mass is 10.4. The van der Waals surface area contributed by atoms with Gasteiger partial charge in [-0.1, -0.05) is 0 Å². The summed E-state index contributed by atoms with van der Waals surface area (Å²) in [5.74, 6) is 1.28. The molecule has 0 unspecified atom stereocenters. The van der Waals surface area contributed by atoms with Crippen LogP contribution in [0.25, 0.3) is 0 Å². The molecule has 3 N–H and O–H groups in total. The fourth-order valence-electron chi connectivity index (χ4n) is 1.64. The first-order valence-electron chi connectivity index (χ1n) is 6.25. The zero-order valence-electron chi connectivity index (χ0n) is 11.7. The van der Waals surface area contributed by atoms with Gasteiger partial charge in [-0.25, -0.2) is 9.78 Å². The van der Waals surface area contributed by atoms with Crippen molar-refractivity contribution in [1.29, 1.82) is 0 Å². The Balaban J connectivity index is 1.79. The summed E-state index contributed by atoms with van der Waals surface area (Å²) in [4.78, 5) is 15.7. The molecule has 2 rings (SSSR count). The van der Waals surface area contributed by atoms with Crippen LogP contribution in [0.2, 0.25) is 0 Å². The van der Waals surface area contributed by atoms with Crippen molar-refractivity contribution in [2.45, 2.75) is 6.42 Å². The first kappa shape index (κ1) is 15.0. The highest BCUT2D eigenvalue weighted by atomic mass is 32.1. The maximum atomic E-state index is 11.7. The number of hydrogen-bond donors (Lipinski definition) is 3. The van der Waals surface area contributed by atoms with Gasteiger partial charge in [0.2, 0.25) is 5.88 Å². The molecule has 0 radical (unpaired) electrons. The zero-order chi connectivity index (χ0) is 15.2. The molecule has 0 aromatic carbocycles. The van der Waals surface area contributed by atoms with E-state index in [4.69, 9.17) is 17.0 Å². The average molecular weight is 308 g/mol. The molecule has 2 aromatic rings. The molecule has 8 nitrogen and oxygen atoms in total. The maximum Gasteiger partial charge on any atom is 0.319 e. The largest absolute Gasteiger partial charge is 0.481 e. The SMILES string of the molecule is COc1ccc(NC(=O)NCCc2n[nH]c(=S)n2C)cn1. The molecule has 2 aromatic heterocycles. The number of carbonyl (C=O) groups excluding carboxylic acids is 1. The van der Waals surface area contributed by atoms with Crippen molar-refractivity contribution in [2.75, 3.05) is 19.0 Å². The van der Waals surface area contributed by atoms with Crippen LogP contribution in [0.3, 0.4) is 0 Å². The normalized spacial score (nSPS) is 10.2. The molecule has 9 heteroatoms. The number of ether oxygens (including phenoxy) is 1. The summed E-state index contributed by atoms with van der Waals surface area (Å²) >= 11 is 5.01. The molecule has 0 aliphatic carbocycles. The van der Waals surface area contributed by atoms with Gasteiger partial charge in [0, 0.05) is 26.1 Å². The zero-order valence-corrected chi connectivity index (χ0v) is 12.5. The number of amides is 2. The van der Waals surface area contributed by atoms with Crippen molar-refractivity contribution in [1.82, 2.24) is 25.1 Å². The first-order valence-corrected chi connectivity index (χ1v) is 6.66. The molecule has 0 saturated heterocycles. The molecule has 2 heterocycles. The number of H-pyrrole nitrogens is 1. The quantitative estimate of drug-likeness (QED) is 0.722. The van der Waals surface area contributed by atoms with Crippen LogP contribution in [-0.4, -0.2) is 39.4 Å². The van der Waals surface area contributed by atoms with E-state index >= 15 is 0 Å². The van der Waals surface area contributed by atoms with Gasteiger partial charge in [0.05, 0.1) is 19.0 Å². The second kappa shape index (κ2) is 6.84. The molecule has 0 aliphatic heterocycles. The molecule has 0 spiro atoms. The van der Waals surface area contributed by atoms with Crippen molar-refractivity contribution in [3.63, 3.8) is 0 Å². The number of nitrogens with one attached hydrogen (secondary N) is 3. The number of carbonyl (C=O) groups is 1. The summed E-state index contributed by atoms with van der Waals surface area (Å²) < 4.78 is 7.26. The number of hydrogen-bond acceptors (Lipinski definition) is 5. The number of urea groups is 1. The van der Waals surface area contributed by atoms with Crippen LogP contribution in [0, 0.1) is 4.77 Å². The molecule has 0 atom stereocenters. The Morgan fingerprint density at radius 1 is 1.52 bits per heavy atom. The predicted molar refractivity (Wildman–Crippen MR) is 79.9 cm³/mol. The Labute approximate surface area is 126 Å². The summed E-state index contributed by atoms with van der Waals surface area (Å²) in [6, 6.07) is 3.08. The van der Waals surface area contributed by atoms with Crippen molar-refractivity contribution in [2.24, 2.45) is 7.05 Å². The number of aromatic nitrogens is 4. The molecule has 21 heavy (non-hydrogen) atoms. The van der Waals surface area contributed by atoms with Crippen LogP contribution in [0.5, 0.6) is 5.88 Å². The number of rotatable bonds is 5. The molecule has 0 fully saturated rings. The Hall–Kier alpha value is -2.42. The monoisotopic (exact) mass is 308 g/mol. The van der Waals surface area contributed by atoms with E-state index in [2.05, 4.69) is 25.8 Å². The van der Waals surface area contributed by atoms with E-state index in [0.717, 1.165) is 5.82 Å². The molecule has 2 amide bonds. The lowest BCUT2D eigenvalue weighted by Crippen LogP contribution is -2.30. The molecule has 0 bridgehead atoms. The van der Waals surface area contributed by atoms with Gasteiger partial charge in [-0.05, 0) is 18.3 Å². The van der Waals surface area contributed by atoms with Crippen LogP contribution >= 0.6 is 12.2 Å². The highest BCUT2D eigenvalue weighted by molar-refractivity contribution is 7.71. The van der Waals surface area contributed by atoms with Crippen LogP contribution in [-0.2, 0) is 13.5 Å². The second-order valence-electron chi connectivity index (χ2n) is 4.22. The summed E-state index contributed by atoms with van der Waals surface area (Å²) in [7, 11) is 3.36. The fraction of sp³-hybridized carbons (Fsp3) is 0.333. The predicted octanol–water partition coefficient (Wildman–Crippen LogP) is 1.25. The fourth-order valence-corrected chi connectivity index (χ4v) is 1.79. The summed E-state index contributed by atoms with van der Waals surface area (Å²) in [6.07, 6.45) is 2.10. The number of methoxy groups -OCH3 is 1. The summed E-state index contributed by atoms with van der Waals surface area (Å²) in [5, 5.41) is 12.2. The van der Waals surface area contributed by atoms with E-state index in [9.17, 15) is 4.79 Å². The lowest BCUT2D eigenvalue weighted by molar-refractivity contribution is 0.252. The topological polar surface area (TPSA) is 96.9 Å². The van der Waals surface area contributed by atoms with Gasteiger partial charge in [0.1, 0.15) is 5.82 Å². The van der Waals surface area contributed by atoms with Gasteiger partial charge in [-0.3, -0.25) is 5.10 Å². The van der Waals surface area contributed by atoms with Crippen molar-refractivity contribution in [3.8, 4) is 5.88 Å². The van der Waals surface area contributed by atoms with Gasteiger partial charge >= 0.3 is 6.03 Å². The number of nitrogens with zero attached hydrogens (tertiary/aromatic N) is 3. The van der Waals surface area contributed by atoms with E-state index in [1.807, 2.05) is 7.05 Å². The lowest BCUT2D eigenvalue weighted by Gasteiger charge is -2.07. The third-order valence-electron chi connectivity index (χ3n) is 2.81. The average Bonchev–Trinajstić information content (AvgIpc) is 2.80. The smallest absolute Gasteiger partial charge is 0.319 e. The van der Waals surface area contributed by atoms with E-state index < -0.39 is 0 Å². The number of aromatic amines is 1. The van der Waals surface area contributed by atoms with Gasteiger partial charge < -0.3 is 19.9 Å². The number of pyridine rings is 1. The molecule has 0 saturated carbocycles. The van der Waals surface area contributed by atoms with Gasteiger partial charge in [0.25, 0.3) is 0 Å². The minimum absolute atomic E-state index is 0.307. The van der Waals surface area contributed by atoms with E-state index in [-0.39, 0.29) is 6.03 Å². The Morgan fingerprint density at radius 2 is 2.33 bits per heavy atom. The van der Waals surface area contributed by atoms with Gasteiger partial charge in [-0.15, -0.1) is 0 Å². The molecule has 0 aliphatic rings. The standard InChI is InChI=1S/C12H16N6O2S/c1-18-9(16-17-12(18)21)5-6-13-11(19)15-8-3-4-10(20-2)14-7-8/h3-4,7H,5-6H2,1-2H3,(H,17,21)(H2,13,15,19).